The van der Waals surface area contributed by atoms with Gasteiger partial charge in [0.25, 0.3) is 0 Å². The van der Waals surface area contributed by atoms with Crippen LogP contribution in [0.3, 0.4) is 0 Å². The average Bonchev–Trinajstić information content (AvgIpc) is 3.54. The molecule has 8 rings (SSSR count). The van der Waals surface area contributed by atoms with Gasteiger partial charge in [-0.3, -0.25) is 4.98 Å². The van der Waals surface area contributed by atoms with Gasteiger partial charge in [0.15, 0.2) is 5.82 Å². The molecule has 2 heterocycles. The fraction of sp³-hybridized carbons (Fsp3) is 0.429. The number of rotatable bonds is 16. The smallest absolute Gasteiger partial charge is 0.329 e. The minimum absolute atomic E-state index is 0.177. The van der Waals surface area contributed by atoms with Crippen LogP contribution in [0.15, 0.2) is 91.3 Å². The molecule has 1 spiro atoms. The van der Waals surface area contributed by atoms with Gasteiger partial charge in [-0.05, 0) is 147 Å². The zero-order chi connectivity index (χ0) is 41.7. The van der Waals surface area contributed by atoms with Crippen molar-refractivity contribution in [1.82, 2.24) is 15.0 Å². The lowest BCUT2D eigenvalue weighted by molar-refractivity contribution is -0.144. The first-order chi connectivity index (χ1) is 29.2. The van der Waals surface area contributed by atoms with Gasteiger partial charge in [0.1, 0.15) is 22.8 Å². The molecule has 0 saturated heterocycles. The Morgan fingerprint density at radius 2 is 1.82 bits per heavy atom. The lowest BCUT2D eigenvalue weighted by atomic mass is 9.59. The Morgan fingerprint density at radius 1 is 0.983 bits per heavy atom. The number of methoxy groups -OCH3 is 1. The molecule has 3 atom stereocenters. The number of thioether (sulfide) groups is 1. The summed E-state index contributed by atoms with van der Waals surface area (Å²) < 4.78 is 18.6. The van der Waals surface area contributed by atoms with E-state index in [9.17, 15) is 9.90 Å². The van der Waals surface area contributed by atoms with E-state index in [4.69, 9.17) is 30.8 Å². The van der Waals surface area contributed by atoms with Crippen molar-refractivity contribution in [2.45, 2.75) is 94.3 Å². The van der Waals surface area contributed by atoms with E-state index < -0.39 is 11.5 Å². The van der Waals surface area contributed by atoms with Gasteiger partial charge in [-0.1, -0.05) is 49.7 Å². The van der Waals surface area contributed by atoms with E-state index in [-0.39, 0.29) is 5.41 Å². The van der Waals surface area contributed by atoms with Crippen molar-refractivity contribution in [2.75, 3.05) is 31.4 Å². The Kier molecular flexibility index (Phi) is 12.9. The number of carbonyl (C=O) groups is 1. The van der Waals surface area contributed by atoms with Crippen molar-refractivity contribution in [1.29, 1.82) is 0 Å². The third-order valence-electron chi connectivity index (χ3n) is 13.1. The minimum atomic E-state index is -1.09. The first-order valence-corrected chi connectivity index (χ1v) is 22.9. The number of aryl methyl sites for hydroxylation is 1. The number of para-hydroxylation sites is 1. The molecule has 314 valence electrons. The maximum Gasteiger partial charge on any atom is 0.329 e. The second kappa shape index (κ2) is 18.4. The number of benzene rings is 3. The standard InChI is InChI=1S/C49H55ClN4O5S/c1-32(30-59-44-17-23-51-42-12-6-8-33(2)45(42)44)26-35-27-34-14-15-39(58-24-25-60-31-38-16-22-52-46(53-38)40-11-4-5-13-43(40)57-3)29-41(34)48(35)18-20-49(21-19-48,47(55)56)54-37-10-7-9-36(50)28-37/h4-5,7,9-11,13-17,22-23,28-29,32-33,35,54H,6,8,12,18-21,24-27,30-31H2,1-3H3,(H,55,56)/t32-,33-,35+,48?,49?/m1/s1. The molecule has 0 unspecified atom stereocenters. The highest BCUT2D eigenvalue weighted by Gasteiger charge is 2.54. The van der Waals surface area contributed by atoms with Crippen molar-refractivity contribution in [3.63, 3.8) is 0 Å². The maximum atomic E-state index is 13.1. The number of carboxylic acids is 1. The lowest BCUT2D eigenvalue weighted by Crippen LogP contribution is -2.53. The fourth-order valence-corrected chi connectivity index (χ4v) is 10.9. The van der Waals surface area contributed by atoms with E-state index in [0.717, 1.165) is 84.2 Å². The average molecular weight is 848 g/mol. The predicted octanol–water partition coefficient (Wildman–Crippen LogP) is 11.0. The van der Waals surface area contributed by atoms with Crippen molar-refractivity contribution in [2.24, 2.45) is 11.8 Å². The number of nitrogens with zero attached hydrogens (tertiary/aromatic N) is 3. The topological polar surface area (TPSA) is 116 Å². The lowest BCUT2D eigenvalue weighted by Gasteiger charge is -2.47. The van der Waals surface area contributed by atoms with Crippen LogP contribution in [0.2, 0.25) is 5.02 Å². The normalized spacial score (nSPS) is 22.4. The number of hydrogen-bond donors (Lipinski definition) is 2. The van der Waals surface area contributed by atoms with Gasteiger partial charge in [0, 0.05) is 45.9 Å². The van der Waals surface area contributed by atoms with Crippen LogP contribution < -0.4 is 19.5 Å². The number of nitrogens with one attached hydrogen (secondary N) is 1. The zero-order valence-electron chi connectivity index (χ0n) is 34.8. The second-order valence-electron chi connectivity index (χ2n) is 17.0. The third kappa shape index (κ3) is 8.96. The molecular formula is C49H55ClN4O5S. The Hall–Kier alpha value is -4.80. The molecule has 2 aromatic heterocycles. The van der Waals surface area contributed by atoms with Gasteiger partial charge in [-0.25, -0.2) is 14.8 Å². The van der Waals surface area contributed by atoms with E-state index >= 15 is 0 Å². The molecule has 3 aliphatic carbocycles. The Bertz CT molecular complexity index is 2300. The number of anilines is 1. The summed E-state index contributed by atoms with van der Waals surface area (Å²) in [6, 6.07) is 25.8. The van der Waals surface area contributed by atoms with Crippen molar-refractivity contribution < 1.29 is 24.1 Å². The van der Waals surface area contributed by atoms with Crippen LogP contribution in [0.1, 0.15) is 92.8 Å². The first-order valence-electron chi connectivity index (χ1n) is 21.3. The quantitative estimate of drug-likeness (QED) is 0.0930. The van der Waals surface area contributed by atoms with E-state index in [0.29, 0.717) is 54.7 Å². The maximum absolute atomic E-state index is 13.1. The van der Waals surface area contributed by atoms with Crippen LogP contribution >= 0.6 is 23.4 Å². The molecule has 3 aliphatic rings. The number of hydrogen-bond acceptors (Lipinski definition) is 9. The van der Waals surface area contributed by atoms with Crippen LogP contribution in [-0.2, 0) is 28.8 Å². The summed E-state index contributed by atoms with van der Waals surface area (Å²) in [6.07, 6.45) is 11.5. The van der Waals surface area contributed by atoms with E-state index in [1.54, 1.807) is 31.1 Å². The molecule has 3 aromatic carbocycles. The molecule has 2 N–H and O–H groups in total. The number of carboxylic acid groups (broad SMARTS) is 1. The molecule has 9 nitrogen and oxygen atoms in total. The number of fused-ring (bicyclic) bond motifs is 3. The predicted molar refractivity (Wildman–Crippen MR) is 240 cm³/mol. The molecule has 60 heavy (non-hydrogen) atoms. The summed E-state index contributed by atoms with van der Waals surface area (Å²) in [6.45, 7) is 5.77. The van der Waals surface area contributed by atoms with Gasteiger partial charge in [0.05, 0.1) is 31.6 Å². The molecule has 1 saturated carbocycles. The second-order valence-corrected chi connectivity index (χ2v) is 18.5. The first kappa shape index (κ1) is 41.9. The van der Waals surface area contributed by atoms with Crippen LogP contribution in [0.25, 0.3) is 11.4 Å². The number of aliphatic carboxylic acids is 1. The van der Waals surface area contributed by atoms with Crippen LogP contribution in [0.4, 0.5) is 5.69 Å². The van der Waals surface area contributed by atoms with Crippen LogP contribution in [0.5, 0.6) is 17.2 Å². The molecule has 1 fully saturated rings. The number of halogens is 1. The highest BCUT2D eigenvalue weighted by atomic mass is 35.5. The van der Waals surface area contributed by atoms with E-state index in [2.05, 4.69) is 47.3 Å². The highest BCUT2D eigenvalue weighted by Crippen LogP contribution is 2.57. The van der Waals surface area contributed by atoms with E-state index in [1.165, 1.54) is 28.8 Å². The van der Waals surface area contributed by atoms with Gasteiger partial charge in [-0.15, -0.1) is 0 Å². The Morgan fingerprint density at radius 3 is 2.63 bits per heavy atom. The molecule has 11 heteroatoms. The molecule has 0 radical (unpaired) electrons. The Labute approximate surface area is 363 Å². The monoisotopic (exact) mass is 846 g/mol. The summed E-state index contributed by atoms with van der Waals surface area (Å²) in [4.78, 5) is 27.1. The highest BCUT2D eigenvalue weighted by molar-refractivity contribution is 7.98. The largest absolute Gasteiger partial charge is 0.496 e. The van der Waals surface area contributed by atoms with Crippen LogP contribution in [-0.4, -0.2) is 57.6 Å². The fourth-order valence-electron chi connectivity index (χ4n) is 10.00. The summed E-state index contributed by atoms with van der Waals surface area (Å²) in [7, 11) is 1.66. The van der Waals surface area contributed by atoms with Gasteiger partial charge in [0.2, 0.25) is 0 Å². The van der Waals surface area contributed by atoms with Gasteiger partial charge >= 0.3 is 5.97 Å². The van der Waals surface area contributed by atoms with Crippen molar-refractivity contribution >= 4 is 35.0 Å². The van der Waals surface area contributed by atoms with Crippen molar-refractivity contribution in [3.8, 4) is 28.6 Å². The summed E-state index contributed by atoms with van der Waals surface area (Å²) in [5, 5.41) is 14.7. The zero-order valence-corrected chi connectivity index (χ0v) is 36.4. The number of pyridine rings is 1. The Balaban J connectivity index is 0.960. The number of aromatic nitrogens is 3. The van der Waals surface area contributed by atoms with Crippen LogP contribution in [0, 0.1) is 11.8 Å². The van der Waals surface area contributed by atoms with Gasteiger partial charge < -0.3 is 24.6 Å². The molecular weight excluding hydrogens is 792 g/mol. The summed E-state index contributed by atoms with van der Waals surface area (Å²) in [5.41, 5.74) is 6.41. The van der Waals surface area contributed by atoms with Gasteiger partial charge in [-0.2, -0.15) is 11.8 Å². The molecule has 0 bridgehead atoms. The van der Waals surface area contributed by atoms with Crippen molar-refractivity contribution in [3.05, 3.63) is 124 Å². The number of ether oxygens (including phenoxy) is 3. The molecule has 0 amide bonds. The third-order valence-corrected chi connectivity index (χ3v) is 14.3. The summed E-state index contributed by atoms with van der Waals surface area (Å²) >= 11 is 8.10. The molecule has 5 aromatic rings. The molecule has 0 aliphatic heterocycles. The SMILES string of the molecule is COc1ccccc1-c1nccc(CSCCOc2ccc3c(c2)C2(CCC(Nc4cccc(Cl)c4)(C(=O)O)CC2)[C@@H](C[C@@H](C)COc2ccnc4c2[C@H](C)CCC4)C3)n1. The van der Waals surface area contributed by atoms with E-state index in [1.807, 2.05) is 60.8 Å². The summed E-state index contributed by atoms with van der Waals surface area (Å²) in [5.74, 6) is 5.04. The minimum Gasteiger partial charge on any atom is -0.496 e.